The van der Waals surface area contributed by atoms with Crippen molar-refractivity contribution in [3.63, 3.8) is 0 Å². The maximum atomic E-state index is 11.9. The van der Waals surface area contributed by atoms with E-state index in [4.69, 9.17) is 5.11 Å². The van der Waals surface area contributed by atoms with Gasteiger partial charge in [-0.15, -0.1) is 0 Å². The lowest BCUT2D eigenvalue weighted by Gasteiger charge is -2.19. The van der Waals surface area contributed by atoms with Gasteiger partial charge in [-0.05, 0) is 33.6 Å². The van der Waals surface area contributed by atoms with E-state index in [1.807, 2.05) is 18.9 Å². The quantitative estimate of drug-likeness (QED) is 0.821. The fourth-order valence-corrected chi connectivity index (χ4v) is 1.76. The van der Waals surface area contributed by atoms with Crippen LogP contribution in [0.3, 0.4) is 0 Å². The number of hydrogen-bond donors (Lipinski definition) is 1. The van der Waals surface area contributed by atoms with E-state index in [0.717, 1.165) is 12.2 Å². The Kier molecular flexibility index (Phi) is 5.30. The van der Waals surface area contributed by atoms with E-state index in [1.54, 1.807) is 26.1 Å². The van der Waals surface area contributed by atoms with Crippen molar-refractivity contribution in [1.82, 2.24) is 9.78 Å². The summed E-state index contributed by atoms with van der Waals surface area (Å²) in [6, 6.07) is 1.55. The minimum atomic E-state index is -0.822. The van der Waals surface area contributed by atoms with E-state index >= 15 is 0 Å². The van der Waals surface area contributed by atoms with Crippen molar-refractivity contribution < 1.29 is 9.90 Å². The van der Waals surface area contributed by atoms with E-state index in [9.17, 15) is 9.59 Å². The minimum absolute atomic E-state index is 0.157. The first-order chi connectivity index (χ1) is 9.27. The second-order valence-electron chi connectivity index (χ2n) is 5.58. The smallest absolute Gasteiger partial charge is 0.309 e. The van der Waals surface area contributed by atoms with Crippen molar-refractivity contribution >= 4 is 11.7 Å². The molecular weight excluding hydrogens is 258 g/mol. The molecule has 0 saturated heterocycles. The predicted octanol–water partition coefficient (Wildman–Crippen LogP) is 1.59. The van der Waals surface area contributed by atoms with Crippen LogP contribution in [0.15, 0.2) is 17.1 Å². The predicted molar refractivity (Wildman–Crippen MR) is 78.1 cm³/mol. The standard InChI is InChI=1S/C14H23N3O3/c1-5-16(4)11-9-12(18)17(15-10-11)8-6-7-14(2,3)13(19)20/h9-10H,5-8H2,1-4H3,(H,19,20). The number of carboxylic acids is 1. The van der Waals surface area contributed by atoms with Crippen LogP contribution < -0.4 is 10.5 Å². The molecule has 1 heterocycles. The molecule has 0 spiro atoms. The first kappa shape index (κ1) is 16.2. The van der Waals surface area contributed by atoms with Gasteiger partial charge in [-0.1, -0.05) is 0 Å². The highest BCUT2D eigenvalue weighted by Crippen LogP contribution is 2.22. The highest BCUT2D eigenvalue weighted by molar-refractivity contribution is 5.73. The maximum absolute atomic E-state index is 11.9. The van der Waals surface area contributed by atoms with E-state index in [0.29, 0.717) is 19.4 Å². The summed E-state index contributed by atoms with van der Waals surface area (Å²) in [6.07, 6.45) is 2.77. The Morgan fingerprint density at radius 2 is 2.15 bits per heavy atom. The Labute approximate surface area is 119 Å². The molecule has 0 amide bonds. The first-order valence-electron chi connectivity index (χ1n) is 6.79. The molecule has 1 aromatic heterocycles. The molecule has 6 nitrogen and oxygen atoms in total. The third kappa shape index (κ3) is 4.08. The van der Waals surface area contributed by atoms with Crippen LogP contribution in [0, 0.1) is 5.41 Å². The van der Waals surface area contributed by atoms with Crippen LogP contribution in [-0.2, 0) is 11.3 Å². The van der Waals surface area contributed by atoms with Gasteiger partial charge in [0.2, 0.25) is 0 Å². The number of carbonyl (C=O) groups is 1. The average Bonchev–Trinajstić information content (AvgIpc) is 2.39. The molecular formula is C14H23N3O3. The molecule has 0 aliphatic rings. The molecule has 0 aromatic carbocycles. The second-order valence-corrected chi connectivity index (χ2v) is 5.58. The fraction of sp³-hybridized carbons (Fsp3) is 0.643. The summed E-state index contributed by atoms with van der Waals surface area (Å²) >= 11 is 0. The average molecular weight is 281 g/mol. The molecule has 0 aliphatic carbocycles. The Hall–Kier alpha value is -1.85. The van der Waals surface area contributed by atoms with Gasteiger partial charge in [0, 0.05) is 26.2 Å². The zero-order valence-corrected chi connectivity index (χ0v) is 12.6. The largest absolute Gasteiger partial charge is 0.481 e. The number of carboxylic acid groups (broad SMARTS) is 1. The van der Waals surface area contributed by atoms with E-state index in [-0.39, 0.29) is 5.56 Å². The fourth-order valence-electron chi connectivity index (χ4n) is 1.76. The zero-order valence-electron chi connectivity index (χ0n) is 12.6. The third-order valence-corrected chi connectivity index (χ3v) is 3.52. The molecule has 0 fully saturated rings. The Bertz CT molecular complexity index is 523. The lowest BCUT2D eigenvalue weighted by molar-refractivity contribution is -0.147. The summed E-state index contributed by atoms with van der Waals surface area (Å²) in [7, 11) is 1.90. The second kappa shape index (κ2) is 6.54. The number of hydrogen-bond acceptors (Lipinski definition) is 4. The third-order valence-electron chi connectivity index (χ3n) is 3.52. The van der Waals surface area contributed by atoms with Gasteiger partial charge in [0.15, 0.2) is 0 Å². The van der Waals surface area contributed by atoms with Gasteiger partial charge in [0.1, 0.15) is 0 Å². The normalized spacial score (nSPS) is 11.4. The van der Waals surface area contributed by atoms with Gasteiger partial charge < -0.3 is 10.0 Å². The van der Waals surface area contributed by atoms with Crippen molar-refractivity contribution in [2.24, 2.45) is 5.41 Å². The van der Waals surface area contributed by atoms with E-state index in [2.05, 4.69) is 5.10 Å². The summed E-state index contributed by atoms with van der Waals surface area (Å²) in [5.74, 6) is -0.822. The van der Waals surface area contributed by atoms with Crippen molar-refractivity contribution in [2.45, 2.75) is 40.2 Å². The van der Waals surface area contributed by atoms with Crippen LogP contribution in [0.2, 0.25) is 0 Å². The Morgan fingerprint density at radius 3 is 2.65 bits per heavy atom. The van der Waals surface area contributed by atoms with E-state index in [1.165, 1.54) is 4.68 Å². The molecule has 0 saturated carbocycles. The molecule has 0 unspecified atom stereocenters. The molecule has 20 heavy (non-hydrogen) atoms. The monoisotopic (exact) mass is 281 g/mol. The SMILES string of the molecule is CCN(C)c1cnn(CCCC(C)(C)C(=O)O)c(=O)c1. The molecule has 0 atom stereocenters. The molecule has 1 aromatic rings. The number of aromatic nitrogens is 2. The van der Waals surface area contributed by atoms with Gasteiger partial charge in [-0.2, -0.15) is 5.10 Å². The summed E-state index contributed by atoms with van der Waals surface area (Å²) < 4.78 is 1.38. The molecule has 0 bridgehead atoms. The van der Waals surface area contributed by atoms with Crippen molar-refractivity contribution in [2.75, 3.05) is 18.5 Å². The number of aliphatic carboxylic acids is 1. The number of aryl methyl sites for hydroxylation is 1. The van der Waals surface area contributed by atoms with Gasteiger partial charge in [0.25, 0.3) is 5.56 Å². The first-order valence-corrected chi connectivity index (χ1v) is 6.79. The number of nitrogens with zero attached hydrogens (tertiary/aromatic N) is 3. The summed E-state index contributed by atoms with van der Waals surface area (Å²) in [5, 5.41) is 13.2. The summed E-state index contributed by atoms with van der Waals surface area (Å²) in [5.41, 5.74) is -0.137. The van der Waals surface area contributed by atoms with Crippen LogP contribution in [0.25, 0.3) is 0 Å². The van der Waals surface area contributed by atoms with Gasteiger partial charge in [0.05, 0.1) is 17.3 Å². The Balaban J connectivity index is 2.66. The van der Waals surface area contributed by atoms with E-state index < -0.39 is 11.4 Å². The molecule has 1 N–H and O–H groups in total. The van der Waals surface area contributed by atoms with Crippen LogP contribution >= 0.6 is 0 Å². The van der Waals surface area contributed by atoms with Gasteiger partial charge in [-0.25, -0.2) is 4.68 Å². The van der Waals surface area contributed by atoms with Crippen molar-refractivity contribution in [3.8, 4) is 0 Å². The number of anilines is 1. The maximum Gasteiger partial charge on any atom is 0.309 e. The minimum Gasteiger partial charge on any atom is -0.481 e. The summed E-state index contributed by atoms with van der Waals surface area (Å²) in [4.78, 5) is 24.8. The number of rotatable bonds is 7. The van der Waals surface area contributed by atoms with Crippen LogP contribution in [0.1, 0.15) is 33.6 Å². The molecule has 1 rings (SSSR count). The molecule has 6 heteroatoms. The highest BCUT2D eigenvalue weighted by atomic mass is 16.4. The molecule has 0 aliphatic heterocycles. The van der Waals surface area contributed by atoms with Gasteiger partial charge >= 0.3 is 5.97 Å². The van der Waals surface area contributed by atoms with Crippen LogP contribution in [0.5, 0.6) is 0 Å². The van der Waals surface area contributed by atoms with Gasteiger partial charge in [-0.3, -0.25) is 9.59 Å². The highest BCUT2D eigenvalue weighted by Gasteiger charge is 2.26. The van der Waals surface area contributed by atoms with Crippen LogP contribution in [0.4, 0.5) is 5.69 Å². The van der Waals surface area contributed by atoms with Crippen molar-refractivity contribution in [1.29, 1.82) is 0 Å². The molecule has 112 valence electrons. The molecule has 0 radical (unpaired) electrons. The van der Waals surface area contributed by atoms with Crippen molar-refractivity contribution in [3.05, 3.63) is 22.6 Å². The zero-order chi connectivity index (χ0) is 15.3. The van der Waals surface area contributed by atoms with Crippen LogP contribution in [-0.4, -0.2) is 34.4 Å². The topological polar surface area (TPSA) is 75.4 Å². The lowest BCUT2D eigenvalue weighted by atomic mass is 9.88. The lowest BCUT2D eigenvalue weighted by Crippen LogP contribution is -2.27. The Morgan fingerprint density at radius 1 is 1.50 bits per heavy atom. The summed E-state index contributed by atoms with van der Waals surface area (Å²) in [6.45, 7) is 6.61.